The van der Waals surface area contributed by atoms with Crippen LogP contribution in [0.4, 0.5) is 10.8 Å². The van der Waals surface area contributed by atoms with E-state index in [0.29, 0.717) is 22.3 Å². The number of anilines is 2. The van der Waals surface area contributed by atoms with E-state index in [1.807, 2.05) is 60.8 Å². The first-order valence-electron chi connectivity index (χ1n) is 7.94. The average Bonchev–Trinajstić information content (AvgIpc) is 3.09. The van der Waals surface area contributed by atoms with Crippen molar-refractivity contribution in [3.05, 3.63) is 75.5 Å². The maximum absolute atomic E-state index is 12.5. The fourth-order valence-corrected chi connectivity index (χ4v) is 3.41. The number of aromatic nitrogens is 1. The Balaban J connectivity index is 1.72. The lowest BCUT2D eigenvalue weighted by Gasteiger charge is -2.04. The van der Waals surface area contributed by atoms with Crippen LogP contribution in [0.2, 0.25) is 0 Å². The van der Waals surface area contributed by atoms with Gasteiger partial charge in [-0.05, 0) is 44.2 Å². The fraction of sp³-hybridized carbons (Fsp3) is 0.100. The van der Waals surface area contributed by atoms with Gasteiger partial charge in [-0.3, -0.25) is 4.79 Å². The highest BCUT2D eigenvalue weighted by molar-refractivity contribution is 7.14. The SMILES string of the molecule is Cc1oc2ccc(-c3csc(Nc4ccccc4)n3)cc2c(=O)c1C. The Bertz CT molecular complexity index is 1110. The van der Waals surface area contributed by atoms with Crippen molar-refractivity contribution < 1.29 is 4.42 Å². The van der Waals surface area contributed by atoms with Gasteiger partial charge in [0.2, 0.25) is 0 Å². The van der Waals surface area contributed by atoms with Crippen molar-refractivity contribution in [3.63, 3.8) is 0 Å². The van der Waals surface area contributed by atoms with Gasteiger partial charge in [0.15, 0.2) is 10.6 Å². The molecule has 1 N–H and O–H groups in total. The third-order valence-electron chi connectivity index (χ3n) is 4.18. The molecule has 4 aromatic rings. The molecule has 2 aromatic carbocycles. The normalized spacial score (nSPS) is 11.0. The zero-order chi connectivity index (χ0) is 17.4. The molecular weight excluding hydrogens is 332 g/mol. The van der Waals surface area contributed by atoms with Gasteiger partial charge in [0.1, 0.15) is 11.3 Å². The van der Waals surface area contributed by atoms with Crippen molar-refractivity contribution in [1.29, 1.82) is 0 Å². The lowest BCUT2D eigenvalue weighted by atomic mass is 10.1. The second kappa shape index (κ2) is 6.18. The van der Waals surface area contributed by atoms with Crippen LogP contribution in [-0.2, 0) is 0 Å². The molecular formula is C20H16N2O2S. The second-order valence-electron chi connectivity index (χ2n) is 5.85. The molecule has 0 aliphatic rings. The minimum atomic E-state index is 0.0125. The standard InChI is InChI=1S/C20H16N2O2S/c1-12-13(2)24-18-9-8-14(10-16(18)19(12)23)17-11-25-20(22-17)21-15-6-4-3-5-7-15/h3-11H,1-2H3,(H,21,22). The molecule has 0 fully saturated rings. The number of rotatable bonds is 3. The van der Waals surface area contributed by atoms with Crippen molar-refractivity contribution in [3.8, 4) is 11.3 Å². The van der Waals surface area contributed by atoms with E-state index in [2.05, 4.69) is 10.3 Å². The topological polar surface area (TPSA) is 55.1 Å². The average molecular weight is 348 g/mol. The molecule has 4 nitrogen and oxygen atoms in total. The minimum absolute atomic E-state index is 0.0125. The minimum Gasteiger partial charge on any atom is -0.461 e. The molecule has 0 aliphatic carbocycles. The van der Waals surface area contributed by atoms with Gasteiger partial charge in [-0.1, -0.05) is 18.2 Å². The van der Waals surface area contributed by atoms with Gasteiger partial charge in [0.25, 0.3) is 0 Å². The molecule has 124 valence electrons. The van der Waals surface area contributed by atoms with Crippen LogP contribution in [0.5, 0.6) is 0 Å². The summed E-state index contributed by atoms with van der Waals surface area (Å²) in [6.45, 7) is 3.60. The lowest BCUT2D eigenvalue weighted by molar-refractivity contribution is 0.559. The first-order chi connectivity index (χ1) is 12.1. The predicted octanol–water partition coefficient (Wildman–Crippen LogP) is 5.28. The number of nitrogens with zero attached hydrogens (tertiary/aromatic N) is 1. The maximum atomic E-state index is 12.5. The molecule has 0 saturated heterocycles. The monoisotopic (exact) mass is 348 g/mol. The highest BCUT2D eigenvalue weighted by Gasteiger charge is 2.11. The number of para-hydroxylation sites is 1. The summed E-state index contributed by atoms with van der Waals surface area (Å²) in [7, 11) is 0. The van der Waals surface area contributed by atoms with Gasteiger partial charge in [-0.2, -0.15) is 0 Å². The molecule has 0 amide bonds. The van der Waals surface area contributed by atoms with Crippen molar-refractivity contribution in [2.45, 2.75) is 13.8 Å². The summed E-state index contributed by atoms with van der Waals surface area (Å²) in [5.41, 5.74) is 4.00. The summed E-state index contributed by atoms with van der Waals surface area (Å²) in [5, 5.41) is 6.67. The Morgan fingerprint density at radius 1 is 1.08 bits per heavy atom. The first kappa shape index (κ1) is 15.6. The van der Waals surface area contributed by atoms with Gasteiger partial charge in [0.05, 0.1) is 11.1 Å². The smallest absolute Gasteiger partial charge is 0.195 e. The van der Waals surface area contributed by atoms with E-state index in [1.54, 1.807) is 6.92 Å². The number of aryl methyl sites for hydroxylation is 1. The summed E-state index contributed by atoms with van der Waals surface area (Å²) in [4.78, 5) is 17.1. The number of benzene rings is 2. The zero-order valence-corrected chi connectivity index (χ0v) is 14.7. The van der Waals surface area contributed by atoms with Crippen molar-refractivity contribution in [1.82, 2.24) is 4.98 Å². The van der Waals surface area contributed by atoms with Gasteiger partial charge >= 0.3 is 0 Å². The summed E-state index contributed by atoms with van der Waals surface area (Å²) in [6, 6.07) is 15.5. The lowest BCUT2D eigenvalue weighted by Crippen LogP contribution is -2.07. The third-order valence-corrected chi connectivity index (χ3v) is 4.94. The summed E-state index contributed by atoms with van der Waals surface area (Å²) >= 11 is 1.53. The maximum Gasteiger partial charge on any atom is 0.195 e. The quantitative estimate of drug-likeness (QED) is 0.547. The summed E-state index contributed by atoms with van der Waals surface area (Å²) < 4.78 is 5.72. The molecule has 4 rings (SSSR count). The van der Waals surface area contributed by atoms with E-state index in [9.17, 15) is 4.79 Å². The van der Waals surface area contributed by atoms with Crippen molar-refractivity contribution in [2.75, 3.05) is 5.32 Å². The van der Waals surface area contributed by atoms with E-state index in [4.69, 9.17) is 4.42 Å². The van der Waals surface area contributed by atoms with Crippen LogP contribution in [0.1, 0.15) is 11.3 Å². The molecule has 2 aromatic heterocycles. The Hall–Kier alpha value is -2.92. The fourth-order valence-electron chi connectivity index (χ4n) is 2.67. The molecule has 0 unspecified atom stereocenters. The Morgan fingerprint density at radius 2 is 1.88 bits per heavy atom. The van der Waals surface area contributed by atoms with Crippen LogP contribution in [0.15, 0.2) is 63.1 Å². The molecule has 0 aliphatic heterocycles. The van der Waals surface area contributed by atoms with E-state index in [1.165, 1.54) is 11.3 Å². The summed E-state index contributed by atoms with van der Waals surface area (Å²) in [6.07, 6.45) is 0. The van der Waals surface area contributed by atoms with Gasteiger partial charge in [-0.15, -0.1) is 11.3 Å². The second-order valence-corrected chi connectivity index (χ2v) is 6.71. The molecule has 0 bridgehead atoms. The number of hydrogen-bond donors (Lipinski definition) is 1. The van der Waals surface area contributed by atoms with Gasteiger partial charge in [0, 0.05) is 22.2 Å². The van der Waals surface area contributed by atoms with Crippen LogP contribution in [0.25, 0.3) is 22.2 Å². The molecule has 5 heteroatoms. The number of nitrogens with one attached hydrogen (secondary N) is 1. The number of fused-ring (bicyclic) bond motifs is 1. The molecule has 0 saturated carbocycles. The van der Waals surface area contributed by atoms with Gasteiger partial charge in [-0.25, -0.2) is 4.98 Å². The largest absolute Gasteiger partial charge is 0.461 e. The molecule has 0 spiro atoms. The molecule has 0 atom stereocenters. The third kappa shape index (κ3) is 2.94. The molecule has 2 heterocycles. The van der Waals surface area contributed by atoms with Crippen LogP contribution in [0.3, 0.4) is 0 Å². The van der Waals surface area contributed by atoms with E-state index in [-0.39, 0.29) is 5.43 Å². The highest BCUT2D eigenvalue weighted by Crippen LogP contribution is 2.29. The first-order valence-corrected chi connectivity index (χ1v) is 8.82. The van der Waals surface area contributed by atoms with E-state index in [0.717, 1.165) is 22.1 Å². The highest BCUT2D eigenvalue weighted by atomic mass is 32.1. The van der Waals surface area contributed by atoms with Crippen molar-refractivity contribution in [2.24, 2.45) is 0 Å². The molecule has 25 heavy (non-hydrogen) atoms. The predicted molar refractivity (Wildman–Crippen MR) is 103 cm³/mol. The van der Waals surface area contributed by atoms with Crippen LogP contribution in [0, 0.1) is 13.8 Å². The number of hydrogen-bond acceptors (Lipinski definition) is 5. The van der Waals surface area contributed by atoms with Crippen LogP contribution >= 0.6 is 11.3 Å². The van der Waals surface area contributed by atoms with Crippen LogP contribution < -0.4 is 10.7 Å². The Kier molecular flexibility index (Phi) is 3.86. The van der Waals surface area contributed by atoms with E-state index >= 15 is 0 Å². The van der Waals surface area contributed by atoms with E-state index < -0.39 is 0 Å². The number of thiazole rings is 1. The van der Waals surface area contributed by atoms with Gasteiger partial charge < -0.3 is 9.73 Å². The Labute approximate surface area is 148 Å². The zero-order valence-electron chi connectivity index (χ0n) is 13.9. The Morgan fingerprint density at radius 3 is 2.68 bits per heavy atom. The van der Waals surface area contributed by atoms with Crippen molar-refractivity contribution >= 4 is 33.1 Å². The van der Waals surface area contributed by atoms with Crippen LogP contribution in [-0.4, -0.2) is 4.98 Å². The summed E-state index contributed by atoms with van der Waals surface area (Å²) in [5.74, 6) is 0.660. The molecule has 0 radical (unpaired) electrons.